The van der Waals surface area contributed by atoms with Crippen molar-refractivity contribution in [1.29, 1.82) is 0 Å². The molecule has 1 aromatic carbocycles. The van der Waals surface area contributed by atoms with Crippen LogP contribution in [0.15, 0.2) is 30.3 Å². The first kappa shape index (κ1) is 17.1. The van der Waals surface area contributed by atoms with Crippen LogP contribution in [0.2, 0.25) is 0 Å². The highest BCUT2D eigenvalue weighted by atomic mass is 127. The van der Waals surface area contributed by atoms with Crippen molar-refractivity contribution < 1.29 is 28.8 Å². The second-order valence-electron chi connectivity index (χ2n) is 6.11. The molecule has 23 heavy (non-hydrogen) atoms. The molecule has 126 valence electrons. The molecule has 0 saturated carbocycles. The minimum absolute atomic E-state index is 0.0904. The highest BCUT2D eigenvalue weighted by Gasteiger charge is 2.60. The van der Waals surface area contributed by atoms with Crippen LogP contribution in [0.5, 0.6) is 0 Å². The van der Waals surface area contributed by atoms with E-state index in [9.17, 15) is 9.90 Å². The maximum absolute atomic E-state index is 12.4. The molecule has 6 nitrogen and oxygen atoms in total. The molecule has 0 radical (unpaired) electrons. The molecule has 2 heterocycles. The normalized spacial score (nSPS) is 36.1. The van der Waals surface area contributed by atoms with Gasteiger partial charge in [0.15, 0.2) is 11.9 Å². The maximum Gasteiger partial charge on any atom is 0.338 e. The van der Waals surface area contributed by atoms with Crippen molar-refractivity contribution in [3.63, 3.8) is 0 Å². The molecule has 2 saturated heterocycles. The summed E-state index contributed by atoms with van der Waals surface area (Å²) in [5.41, 5.74) is 0.406. The van der Waals surface area contributed by atoms with Gasteiger partial charge in [-0.15, -0.1) is 0 Å². The van der Waals surface area contributed by atoms with Crippen molar-refractivity contribution in [2.45, 2.75) is 41.6 Å². The van der Waals surface area contributed by atoms with E-state index in [4.69, 9.17) is 18.9 Å². The van der Waals surface area contributed by atoms with E-state index < -0.39 is 29.8 Å². The zero-order chi connectivity index (χ0) is 16.7. The number of halogens is 1. The van der Waals surface area contributed by atoms with Gasteiger partial charge in [0.1, 0.15) is 12.7 Å². The van der Waals surface area contributed by atoms with Gasteiger partial charge in [0, 0.05) is 0 Å². The van der Waals surface area contributed by atoms with Gasteiger partial charge >= 0.3 is 5.97 Å². The molecule has 7 heteroatoms. The number of alkyl halides is 1. The third-order valence-electron chi connectivity index (χ3n) is 3.88. The molecular formula is C16H19IO6. The minimum atomic E-state index is -1.28. The Balaban J connectivity index is 1.84. The van der Waals surface area contributed by atoms with Crippen LogP contribution >= 0.6 is 22.6 Å². The predicted octanol–water partition coefficient (Wildman–Crippen LogP) is 1.89. The molecule has 0 unspecified atom stereocenters. The van der Waals surface area contributed by atoms with E-state index in [-0.39, 0.29) is 10.5 Å². The Morgan fingerprint density at radius 2 is 2.00 bits per heavy atom. The number of rotatable bonds is 2. The van der Waals surface area contributed by atoms with E-state index in [0.717, 1.165) is 0 Å². The lowest BCUT2D eigenvalue weighted by Crippen LogP contribution is -2.62. The van der Waals surface area contributed by atoms with Gasteiger partial charge in [-0.25, -0.2) is 4.79 Å². The van der Waals surface area contributed by atoms with Crippen molar-refractivity contribution >= 4 is 28.6 Å². The fraction of sp³-hybridized carbons (Fsp3) is 0.562. The second-order valence-corrected chi connectivity index (χ2v) is 7.71. The van der Waals surface area contributed by atoms with E-state index >= 15 is 0 Å². The fourth-order valence-corrected chi connectivity index (χ4v) is 3.29. The van der Waals surface area contributed by atoms with Crippen LogP contribution in [0, 0.1) is 0 Å². The largest absolute Gasteiger partial charge is 0.450 e. The zero-order valence-corrected chi connectivity index (χ0v) is 15.1. The maximum atomic E-state index is 12.4. The Morgan fingerprint density at radius 1 is 1.30 bits per heavy atom. The fourth-order valence-electron chi connectivity index (χ4n) is 2.73. The Morgan fingerprint density at radius 3 is 2.61 bits per heavy atom. The molecule has 0 amide bonds. The molecule has 3 rings (SSSR count). The summed E-state index contributed by atoms with van der Waals surface area (Å²) in [5.74, 6) is -2.68. The Labute approximate surface area is 148 Å². The van der Waals surface area contributed by atoms with Gasteiger partial charge in [0.2, 0.25) is 5.79 Å². The number of carbonyl (C=O) groups excluding carboxylic acids is 1. The lowest BCUT2D eigenvalue weighted by molar-refractivity contribution is -0.317. The summed E-state index contributed by atoms with van der Waals surface area (Å²) in [4.78, 5) is 12.4. The van der Waals surface area contributed by atoms with Gasteiger partial charge in [0.25, 0.3) is 0 Å². The first-order valence-corrected chi connectivity index (χ1v) is 8.64. The monoisotopic (exact) mass is 434 g/mol. The summed E-state index contributed by atoms with van der Waals surface area (Å²) in [6.45, 7) is 3.89. The smallest absolute Gasteiger partial charge is 0.338 e. The Kier molecular flexibility index (Phi) is 4.67. The molecule has 0 bridgehead atoms. The number of aliphatic hydroxyl groups is 1. The molecule has 2 aliphatic heterocycles. The second kappa shape index (κ2) is 6.29. The average molecular weight is 434 g/mol. The Hall–Kier alpha value is -0.740. The van der Waals surface area contributed by atoms with Crippen LogP contribution in [0.25, 0.3) is 0 Å². The topological polar surface area (TPSA) is 74.2 Å². The molecule has 0 aromatic heterocycles. The zero-order valence-electron chi connectivity index (χ0n) is 12.9. The lowest BCUT2D eigenvalue weighted by atomic mass is 9.99. The number of carbonyl (C=O) groups is 1. The number of hydrogen-bond acceptors (Lipinski definition) is 6. The van der Waals surface area contributed by atoms with Crippen molar-refractivity contribution in [2.75, 3.05) is 13.2 Å². The lowest BCUT2D eigenvalue weighted by Gasteiger charge is -2.43. The number of aliphatic hydroxyl groups excluding tert-OH is 1. The summed E-state index contributed by atoms with van der Waals surface area (Å²) in [6.07, 6.45) is -1.87. The molecule has 1 aromatic rings. The molecule has 1 N–H and O–H groups in total. The molecule has 2 fully saturated rings. The van der Waals surface area contributed by atoms with Gasteiger partial charge in [-0.05, 0) is 26.0 Å². The van der Waals surface area contributed by atoms with Crippen LogP contribution in [-0.4, -0.2) is 52.0 Å². The number of hydrogen-bond donors (Lipinski definition) is 1. The predicted molar refractivity (Wildman–Crippen MR) is 89.3 cm³/mol. The summed E-state index contributed by atoms with van der Waals surface area (Å²) in [5, 5.41) is 10.5. The quantitative estimate of drug-likeness (QED) is 0.436. The van der Waals surface area contributed by atoms with E-state index in [0.29, 0.717) is 12.2 Å². The highest BCUT2D eigenvalue weighted by molar-refractivity contribution is 14.1. The first-order valence-electron chi connectivity index (χ1n) is 7.39. The van der Waals surface area contributed by atoms with Crippen LogP contribution in [0.3, 0.4) is 0 Å². The minimum Gasteiger partial charge on any atom is -0.450 e. The first-order chi connectivity index (χ1) is 10.8. The Bertz CT molecular complexity index is 577. The average Bonchev–Trinajstić information content (AvgIpc) is 2.85. The van der Waals surface area contributed by atoms with Crippen LogP contribution in [0.1, 0.15) is 24.2 Å². The van der Waals surface area contributed by atoms with Crippen LogP contribution in [0.4, 0.5) is 0 Å². The van der Waals surface area contributed by atoms with Gasteiger partial charge in [0.05, 0.1) is 16.1 Å². The molecule has 1 spiro atoms. The van der Waals surface area contributed by atoms with E-state index in [1.165, 1.54) is 0 Å². The van der Waals surface area contributed by atoms with Crippen molar-refractivity contribution in [1.82, 2.24) is 0 Å². The number of benzene rings is 1. The summed E-state index contributed by atoms with van der Waals surface area (Å²) in [6, 6.07) is 8.62. The van der Waals surface area contributed by atoms with E-state index in [2.05, 4.69) is 22.6 Å². The summed E-state index contributed by atoms with van der Waals surface area (Å²) >= 11 is 2.08. The number of ether oxygens (including phenoxy) is 4. The molecule has 2 aliphatic rings. The highest BCUT2D eigenvalue weighted by Crippen LogP contribution is 2.41. The van der Waals surface area contributed by atoms with Crippen molar-refractivity contribution in [3.05, 3.63) is 35.9 Å². The SMILES string of the molecule is CC1(C)OC[C@]2(OC[C@H](I)[C@@H](O)[C@@H]2OC(=O)c2ccccc2)O1. The van der Waals surface area contributed by atoms with Crippen LogP contribution in [-0.2, 0) is 18.9 Å². The standard InChI is InChI=1S/C16H19IO6/c1-15(2)21-9-16(23-15)13(12(18)11(17)8-20-16)22-14(19)10-6-4-3-5-7-10/h3-7,11-13,18H,8-9H2,1-2H3/t11-,12+,13-,16-/m0/s1. The van der Waals surface area contributed by atoms with Gasteiger partial charge < -0.3 is 24.1 Å². The molecular weight excluding hydrogens is 415 g/mol. The number of esters is 1. The molecule has 4 atom stereocenters. The van der Waals surface area contributed by atoms with Gasteiger partial charge in [-0.1, -0.05) is 40.8 Å². The molecule has 0 aliphatic carbocycles. The van der Waals surface area contributed by atoms with Gasteiger partial charge in [-0.2, -0.15) is 0 Å². The third-order valence-corrected chi connectivity index (χ3v) is 4.98. The van der Waals surface area contributed by atoms with E-state index in [1.54, 1.807) is 38.1 Å². The third kappa shape index (κ3) is 3.39. The summed E-state index contributed by atoms with van der Waals surface area (Å²) in [7, 11) is 0. The summed E-state index contributed by atoms with van der Waals surface area (Å²) < 4.78 is 22.6. The van der Waals surface area contributed by atoms with E-state index in [1.807, 2.05) is 6.07 Å². The van der Waals surface area contributed by atoms with Crippen LogP contribution < -0.4 is 0 Å². The van der Waals surface area contributed by atoms with Gasteiger partial charge in [-0.3, -0.25) is 0 Å². The van der Waals surface area contributed by atoms with Crippen molar-refractivity contribution in [3.8, 4) is 0 Å². The van der Waals surface area contributed by atoms with Crippen molar-refractivity contribution in [2.24, 2.45) is 0 Å².